The first-order chi connectivity index (χ1) is 6.53. The molecule has 0 radical (unpaired) electrons. The molecule has 0 fully saturated rings. The zero-order chi connectivity index (χ0) is 10.6. The molecule has 0 spiro atoms. The van der Waals surface area contributed by atoms with Crippen LogP contribution >= 0.6 is 0 Å². The zero-order valence-corrected chi connectivity index (χ0v) is 9.68. The molecule has 1 N–H and O–H groups in total. The normalized spacial score (nSPS) is 26.6. The standard InChI is InChI=1S/C10H19NO2S/c1-3-4-9(2)7-11-10-5-6-14(12,13)8-10/h5-6,9-11H,3-4,7-8H2,1-2H3. The van der Waals surface area contributed by atoms with Crippen LogP contribution in [0, 0.1) is 5.92 Å². The fourth-order valence-corrected chi connectivity index (χ4v) is 2.92. The Bertz CT molecular complexity index is 295. The molecule has 1 aliphatic heterocycles. The highest BCUT2D eigenvalue weighted by Gasteiger charge is 2.21. The predicted molar refractivity (Wildman–Crippen MR) is 58.8 cm³/mol. The number of hydrogen-bond acceptors (Lipinski definition) is 3. The van der Waals surface area contributed by atoms with Gasteiger partial charge in [0.15, 0.2) is 9.84 Å². The minimum atomic E-state index is -2.90. The highest BCUT2D eigenvalue weighted by atomic mass is 32.2. The van der Waals surface area contributed by atoms with Crippen molar-refractivity contribution < 1.29 is 8.42 Å². The van der Waals surface area contributed by atoms with Gasteiger partial charge in [-0.15, -0.1) is 0 Å². The van der Waals surface area contributed by atoms with Crippen LogP contribution < -0.4 is 5.32 Å². The molecule has 0 aromatic rings. The van der Waals surface area contributed by atoms with E-state index < -0.39 is 9.84 Å². The van der Waals surface area contributed by atoms with Crippen LogP contribution in [0.1, 0.15) is 26.7 Å². The highest BCUT2D eigenvalue weighted by Crippen LogP contribution is 2.09. The third-order valence-electron chi connectivity index (χ3n) is 2.44. The van der Waals surface area contributed by atoms with Gasteiger partial charge >= 0.3 is 0 Å². The van der Waals surface area contributed by atoms with Crippen LogP contribution in [0.4, 0.5) is 0 Å². The van der Waals surface area contributed by atoms with Crippen LogP contribution in [0.2, 0.25) is 0 Å². The number of hydrogen-bond donors (Lipinski definition) is 1. The van der Waals surface area contributed by atoms with Gasteiger partial charge in [0, 0.05) is 11.4 Å². The minimum Gasteiger partial charge on any atom is -0.309 e. The molecular formula is C10H19NO2S. The molecule has 2 atom stereocenters. The lowest BCUT2D eigenvalue weighted by Gasteiger charge is -2.14. The van der Waals surface area contributed by atoms with Crippen LogP contribution in [0.25, 0.3) is 0 Å². The SMILES string of the molecule is CCCC(C)CNC1C=CS(=O)(=O)C1. The van der Waals surface area contributed by atoms with E-state index in [4.69, 9.17) is 0 Å². The summed E-state index contributed by atoms with van der Waals surface area (Å²) in [7, 11) is -2.90. The van der Waals surface area contributed by atoms with Crippen LogP contribution in [0.3, 0.4) is 0 Å². The quantitative estimate of drug-likeness (QED) is 0.755. The van der Waals surface area contributed by atoms with Gasteiger partial charge in [-0.3, -0.25) is 0 Å². The Kier molecular flexibility index (Phi) is 4.13. The maximum atomic E-state index is 11.1. The second-order valence-electron chi connectivity index (χ2n) is 4.07. The molecule has 0 saturated carbocycles. The second-order valence-corrected chi connectivity index (χ2v) is 6.00. The van der Waals surface area contributed by atoms with Crippen molar-refractivity contribution in [2.24, 2.45) is 5.92 Å². The monoisotopic (exact) mass is 217 g/mol. The van der Waals surface area contributed by atoms with Crippen molar-refractivity contribution in [1.29, 1.82) is 0 Å². The van der Waals surface area contributed by atoms with Crippen molar-refractivity contribution >= 4 is 9.84 Å². The van der Waals surface area contributed by atoms with E-state index in [1.807, 2.05) is 0 Å². The van der Waals surface area contributed by atoms with E-state index in [0.29, 0.717) is 5.92 Å². The molecule has 0 saturated heterocycles. The Balaban J connectivity index is 2.25. The summed E-state index contributed by atoms with van der Waals surface area (Å²) in [4.78, 5) is 0. The lowest BCUT2D eigenvalue weighted by atomic mass is 10.1. The molecule has 1 aliphatic rings. The second kappa shape index (κ2) is 4.94. The number of nitrogens with one attached hydrogen (secondary N) is 1. The van der Waals surface area contributed by atoms with Crippen LogP contribution in [-0.4, -0.2) is 26.8 Å². The van der Waals surface area contributed by atoms with E-state index in [9.17, 15) is 8.42 Å². The summed E-state index contributed by atoms with van der Waals surface area (Å²) in [5.74, 6) is 0.850. The van der Waals surface area contributed by atoms with E-state index in [1.54, 1.807) is 6.08 Å². The Hall–Kier alpha value is -0.350. The van der Waals surface area contributed by atoms with Gasteiger partial charge in [0.1, 0.15) is 0 Å². The lowest BCUT2D eigenvalue weighted by Crippen LogP contribution is -2.33. The van der Waals surface area contributed by atoms with Crippen molar-refractivity contribution in [3.05, 3.63) is 11.5 Å². The molecule has 0 aromatic heterocycles. The fourth-order valence-electron chi connectivity index (χ4n) is 1.65. The first kappa shape index (κ1) is 11.7. The molecule has 0 aromatic carbocycles. The summed E-state index contributed by atoms with van der Waals surface area (Å²) in [6.07, 6.45) is 4.12. The molecule has 82 valence electrons. The minimum absolute atomic E-state index is 0.0271. The van der Waals surface area contributed by atoms with Crippen molar-refractivity contribution in [2.75, 3.05) is 12.3 Å². The molecule has 1 heterocycles. The van der Waals surface area contributed by atoms with Gasteiger partial charge in [0.05, 0.1) is 5.75 Å². The van der Waals surface area contributed by atoms with E-state index >= 15 is 0 Å². The van der Waals surface area contributed by atoms with Gasteiger partial charge in [-0.05, 0) is 18.9 Å². The van der Waals surface area contributed by atoms with Gasteiger partial charge in [0.25, 0.3) is 0 Å². The van der Waals surface area contributed by atoms with Crippen LogP contribution in [-0.2, 0) is 9.84 Å². The van der Waals surface area contributed by atoms with Crippen molar-refractivity contribution in [3.8, 4) is 0 Å². The Morgan fingerprint density at radius 1 is 1.57 bits per heavy atom. The van der Waals surface area contributed by atoms with E-state index in [0.717, 1.165) is 6.54 Å². The van der Waals surface area contributed by atoms with Gasteiger partial charge in [-0.25, -0.2) is 8.42 Å². The smallest absolute Gasteiger partial charge is 0.173 e. The van der Waals surface area contributed by atoms with E-state index in [1.165, 1.54) is 18.2 Å². The van der Waals surface area contributed by atoms with E-state index in [2.05, 4.69) is 19.2 Å². The summed E-state index contributed by atoms with van der Waals surface area (Å²) in [5, 5.41) is 4.57. The summed E-state index contributed by atoms with van der Waals surface area (Å²) in [6, 6.07) is 0.0271. The van der Waals surface area contributed by atoms with Crippen LogP contribution in [0.5, 0.6) is 0 Å². The Morgan fingerprint density at radius 3 is 2.79 bits per heavy atom. The average Bonchev–Trinajstić information content (AvgIpc) is 2.43. The molecular weight excluding hydrogens is 198 g/mol. The summed E-state index contributed by atoms with van der Waals surface area (Å²) < 4.78 is 22.2. The molecule has 0 aliphatic carbocycles. The predicted octanol–water partition coefficient (Wildman–Crippen LogP) is 1.32. The third-order valence-corrected chi connectivity index (χ3v) is 3.84. The maximum absolute atomic E-state index is 11.1. The molecule has 14 heavy (non-hydrogen) atoms. The van der Waals surface area contributed by atoms with Gasteiger partial charge in [-0.1, -0.05) is 26.3 Å². The van der Waals surface area contributed by atoms with Gasteiger partial charge < -0.3 is 5.32 Å². The largest absolute Gasteiger partial charge is 0.309 e. The van der Waals surface area contributed by atoms with E-state index in [-0.39, 0.29) is 11.8 Å². The molecule has 0 bridgehead atoms. The summed E-state index contributed by atoms with van der Waals surface area (Å²) >= 11 is 0. The van der Waals surface area contributed by atoms with Gasteiger partial charge in [0.2, 0.25) is 0 Å². The lowest BCUT2D eigenvalue weighted by molar-refractivity contribution is 0.463. The molecule has 2 unspecified atom stereocenters. The van der Waals surface area contributed by atoms with Crippen molar-refractivity contribution in [2.45, 2.75) is 32.7 Å². The first-order valence-corrected chi connectivity index (χ1v) is 6.89. The number of rotatable bonds is 5. The first-order valence-electron chi connectivity index (χ1n) is 5.18. The molecule has 0 amide bonds. The van der Waals surface area contributed by atoms with Crippen molar-refractivity contribution in [1.82, 2.24) is 5.32 Å². The Labute approximate surface area is 86.5 Å². The van der Waals surface area contributed by atoms with Crippen molar-refractivity contribution in [3.63, 3.8) is 0 Å². The summed E-state index contributed by atoms with van der Waals surface area (Å²) in [6.45, 7) is 5.25. The molecule has 4 heteroatoms. The zero-order valence-electron chi connectivity index (χ0n) is 8.86. The Morgan fingerprint density at radius 2 is 2.29 bits per heavy atom. The molecule has 3 nitrogen and oxygen atoms in total. The topological polar surface area (TPSA) is 46.2 Å². The van der Waals surface area contributed by atoms with Gasteiger partial charge in [-0.2, -0.15) is 0 Å². The molecule has 1 rings (SSSR count). The maximum Gasteiger partial charge on any atom is 0.173 e. The number of sulfone groups is 1. The fraction of sp³-hybridized carbons (Fsp3) is 0.800. The summed E-state index contributed by atoms with van der Waals surface area (Å²) in [5.41, 5.74) is 0. The average molecular weight is 217 g/mol. The third kappa shape index (κ3) is 3.80. The highest BCUT2D eigenvalue weighted by molar-refractivity contribution is 7.94. The van der Waals surface area contributed by atoms with Crippen LogP contribution in [0.15, 0.2) is 11.5 Å².